The number of hydrogen-bond acceptors (Lipinski definition) is 6. The van der Waals surface area contributed by atoms with Crippen LogP contribution in [-0.4, -0.2) is 54.8 Å². The van der Waals surface area contributed by atoms with Gasteiger partial charge in [-0.2, -0.15) is 18.3 Å². The number of rotatable bonds is 6. The third-order valence-electron chi connectivity index (χ3n) is 6.67. The highest BCUT2D eigenvalue weighted by Crippen LogP contribution is 2.44. The van der Waals surface area contributed by atoms with Gasteiger partial charge in [0, 0.05) is 11.8 Å². The monoisotopic (exact) mass is 602 g/mol. The Morgan fingerprint density at radius 3 is 2.49 bits per heavy atom. The van der Waals surface area contributed by atoms with Gasteiger partial charge < -0.3 is 15.4 Å². The van der Waals surface area contributed by atoms with Gasteiger partial charge in [0.25, 0.3) is 5.91 Å². The first-order valence-corrected chi connectivity index (χ1v) is 14.0. The molecule has 0 saturated carbocycles. The molecule has 1 aliphatic heterocycles. The maximum absolute atomic E-state index is 14.1. The highest BCUT2D eigenvalue weighted by atomic mass is 32.2. The molecule has 1 aromatic heterocycles. The summed E-state index contributed by atoms with van der Waals surface area (Å²) in [4.78, 5) is 26.0. The van der Waals surface area contributed by atoms with Gasteiger partial charge in [0.1, 0.15) is 22.9 Å². The second kappa shape index (κ2) is 9.78. The van der Waals surface area contributed by atoms with Gasteiger partial charge in [-0.15, -0.1) is 0 Å². The number of halogens is 6. The second-order valence-electron chi connectivity index (χ2n) is 9.86. The van der Waals surface area contributed by atoms with Crippen molar-refractivity contribution in [2.75, 3.05) is 23.9 Å². The number of carbonyl (C=O) groups is 2. The molecule has 0 bridgehead atoms. The van der Waals surface area contributed by atoms with Crippen molar-refractivity contribution < 1.29 is 49.1 Å². The fourth-order valence-corrected chi connectivity index (χ4v) is 5.63. The summed E-state index contributed by atoms with van der Waals surface area (Å²) in [5, 5.41) is 9.41. The standard InChI is InChI=1S/C25H20F6N4O5S/c1-41(38,39)9-18(36)32-21-20(13-7-16(26)19(28)17(27)8-13)34-35-10-24(33-23(37)22(21)35)5-4-12-6-14(2-3-15(12)24)40-11-25(29,30)31/h2-3,6-8H,4-5,9-11H2,1H3,(H,32,36)(H,33,37)/t24-/m1/s1. The Balaban J connectivity index is 1.56. The Bertz CT molecular complexity index is 1680. The molecule has 41 heavy (non-hydrogen) atoms. The minimum atomic E-state index is -4.53. The lowest BCUT2D eigenvalue weighted by atomic mass is 9.89. The van der Waals surface area contributed by atoms with Crippen molar-refractivity contribution in [2.24, 2.45) is 0 Å². The average molecular weight is 603 g/mol. The van der Waals surface area contributed by atoms with Gasteiger partial charge in [-0.05, 0) is 48.2 Å². The summed E-state index contributed by atoms with van der Waals surface area (Å²) in [7, 11) is -3.81. The Labute approximate surface area is 228 Å². The van der Waals surface area contributed by atoms with Crippen LogP contribution < -0.4 is 15.4 Å². The van der Waals surface area contributed by atoms with Gasteiger partial charge in [-0.25, -0.2) is 21.6 Å². The van der Waals surface area contributed by atoms with Crippen LogP contribution in [0.3, 0.4) is 0 Å². The zero-order valence-corrected chi connectivity index (χ0v) is 21.9. The predicted molar refractivity (Wildman–Crippen MR) is 131 cm³/mol. The number of nitrogens with zero attached hydrogens (tertiary/aromatic N) is 2. The van der Waals surface area contributed by atoms with Crippen LogP contribution in [0.15, 0.2) is 30.3 Å². The Kier molecular flexibility index (Phi) is 6.79. The largest absolute Gasteiger partial charge is 0.484 e. The maximum Gasteiger partial charge on any atom is 0.422 e. The Hall–Kier alpha value is -4.08. The van der Waals surface area contributed by atoms with Crippen molar-refractivity contribution in [1.82, 2.24) is 15.1 Å². The summed E-state index contributed by atoms with van der Waals surface area (Å²) >= 11 is 0. The quantitative estimate of drug-likeness (QED) is 0.330. The molecule has 218 valence electrons. The highest BCUT2D eigenvalue weighted by molar-refractivity contribution is 7.91. The fraction of sp³-hybridized carbons (Fsp3) is 0.320. The number of anilines is 1. The third kappa shape index (κ3) is 5.60. The molecule has 2 aliphatic rings. The summed E-state index contributed by atoms with van der Waals surface area (Å²) in [5.41, 5.74) is -1.14. The van der Waals surface area contributed by atoms with E-state index in [2.05, 4.69) is 15.7 Å². The van der Waals surface area contributed by atoms with Crippen molar-refractivity contribution in [3.05, 3.63) is 64.6 Å². The first-order valence-electron chi connectivity index (χ1n) is 11.9. The number of carbonyl (C=O) groups excluding carboxylic acids is 2. The number of benzene rings is 2. The van der Waals surface area contributed by atoms with Crippen molar-refractivity contribution >= 4 is 27.3 Å². The fourth-order valence-electron chi connectivity index (χ4n) is 5.08. The predicted octanol–water partition coefficient (Wildman–Crippen LogP) is 3.48. The second-order valence-corrected chi connectivity index (χ2v) is 12.0. The molecule has 2 heterocycles. The average Bonchev–Trinajstić information content (AvgIpc) is 3.37. The molecule has 9 nitrogen and oxygen atoms in total. The summed E-state index contributed by atoms with van der Waals surface area (Å²) in [6, 6.07) is 5.50. The molecule has 3 aromatic rings. The molecule has 0 radical (unpaired) electrons. The first-order chi connectivity index (χ1) is 19.1. The normalized spacial score (nSPS) is 18.2. The van der Waals surface area contributed by atoms with E-state index in [4.69, 9.17) is 4.74 Å². The summed E-state index contributed by atoms with van der Waals surface area (Å²) in [5.74, 6) is -7.70. The molecule has 16 heteroatoms. The van der Waals surface area contributed by atoms with Crippen LogP contribution in [0.4, 0.5) is 32.0 Å². The van der Waals surface area contributed by atoms with Crippen LogP contribution in [0.5, 0.6) is 5.75 Å². The van der Waals surface area contributed by atoms with E-state index in [1.807, 2.05) is 0 Å². The third-order valence-corrected chi connectivity index (χ3v) is 7.46. The van der Waals surface area contributed by atoms with E-state index in [-0.39, 0.29) is 34.9 Å². The van der Waals surface area contributed by atoms with Crippen LogP contribution in [0.2, 0.25) is 0 Å². The molecule has 0 fully saturated rings. The van der Waals surface area contributed by atoms with Crippen molar-refractivity contribution in [2.45, 2.75) is 31.1 Å². The minimum Gasteiger partial charge on any atom is -0.484 e. The number of aromatic nitrogens is 2. The maximum atomic E-state index is 14.1. The zero-order chi connectivity index (χ0) is 29.9. The molecule has 0 unspecified atom stereocenters. The highest BCUT2D eigenvalue weighted by Gasteiger charge is 2.46. The van der Waals surface area contributed by atoms with Gasteiger partial charge in [-0.3, -0.25) is 14.3 Å². The number of ether oxygens (including phenoxy) is 1. The number of sulfone groups is 1. The van der Waals surface area contributed by atoms with E-state index in [0.717, 1.165) is 6.26 Å². The molecule has 0 saturated heterocycles. The van der Waals surface area contributed by atoms with Crippen LogP contribution >= 0.6 is 0 Å². The van der Waals surface area contributed by atoms with Crippen molar-refractivity contribution in [1.29, 1.82) is 0 Å². The van der Waals surface area contributed by atoms with Gasteiger partial charge in [0.15, 0.2) is 39.6 Å². The molecular weight excluding hydrogens is 582 g/mol. The van der Waals surface area contributed by atoms with Crippen LogP contribution in [0.25, 0.3) is 11.3 Å². The summed E-state index contributed by atoms with van der Waals surface area (Å²) in [6.45, 7) is -1.55. The van der Waals surface area contributed by atoms with Crippen LogP contribution in [0.1, 0.15) is 28.0 Å². The SMILES string of the molecule is CS(=O)(=O)CC(=O)Nc1c(-c2cc(F)c(F)c(F)c2)nn2c1C(=O)N[C@]1(CCc3cc(OCC(F)(F)F)ccc31)C2. The van der Waals surface area contributed by atoms with E-state index in [1.165, 1.54) is 22.9 Å². The number of amides is 2. The molecule has 1 spiro atoms. The lowest BCUT2D eigenvalue weighted by molar-refractivity contribution is -0.153. The molecule has 1 aliphatic carbocycles. The molecule has 2 aromatic carbocycles. The van der Waals surface area contributed by atoms with Gasteiger partial charge >= 0.3 is 6.18 Å². The zero-order valence-electron chi connectivity index (χ0n) is 21.0. The van der Waals surface area contributed by atoms with Gasteiger partial charge in [0.2, 0.25) is 5.91 Å². The van der Waals surface area contributed by atoms with E-state index in [1.54, 1.807) is 0 Å². The molecule has 5 rings (SSSR count). The number of hydrogen-bond donors (Lipinski definition) is 2. The Morgan fingerprint density at radius 1 is 1.17 bits per heavy atom. The minimum absolute atomic E-state index is 0.0152. The van der Waals surface area contributed by atoms with E-state index < -0.39 is 63.2 Å². The summed E-state index contributed by atoms with van der Waals surface area (Å²) < 4.78 is 109. The number of alkyl halides is 3. The molecule has 1 atom stereocenters. The molecule has 2 N–H and O–H groups in total. The topological polar surface area (TPSA) is 119 Å². The van der Waals surface area contributed by atoms with Crippen molar-refractivity contribution in [3.63, 3.8) is 0 Å². The number of nitrogens with one attached hydrogen (secondary N) is 2. The Morgan fingerprint density at radius 2 is 1.85 bits per heavy atom. The lowest BCUT2D eigenvalue weighted by Crippen LogP contribution is -2.52. The number of fused-ring (bicyclic) bond motifs is 3. The lowest BCUT2D eigenvalue weighted by Gasteiger charge is -2.36. The van der Waals surface area contributed by atoms with Gasteiger partial charge in [-0.1, -0.05) is 6.07 Å². The smallest absolute Gasteiger partial charge is 0.422 e. The first kappa shape index (κ1) is 28.4. The van der Waals surface area contributed by atoms with Crippen LogP contribution in [-0.2, 0) is 33.1 Å². The van der Waals surface area contributed by atoms with E-state index in [0.29, 0.717) is 36.1 Å². The van der Waals surface area contributed by atoms with Crippen molar-refractivity contribution in [3.8, 4) is 17.0 Å². The van der Waals surface area contributed by atoms with E-state index >= 15 is 0 Å². The van der Waals surface area contributed by atoms with Crippen LogP contribution in [0, 0.1) is 17.5 Å². The molecular formula is C25H20F6N4O5S. The van der Waals surface area contributed by atoms with Gasteiger partial charge in [0.05, 0.1) is 12.1 Å². The van der Waals surface area contributed by atoms with E-state index in [9.17, 15) is 44.3 Å². The summed E-state index contributed by atoms with van der Waals surface area (Å²) in [6.07, 6.45) is -3.06. The number of aryl methyl sites for hydroxylation is 1. The molecule has 2 amide bonds.